The number of hydrogen-bond acceptors (Lipinski definition) is 5. The van der Waals surface area contributed by atoms with Crippen molar-refractivity contribution < 1.29 is 28.6 Å². The monoisotopic (exact) mass is 462 g/mol. The number of carbonyl (C=O) groups is 3. The maximum absolute atomic E-state index is 12.7. The van der Waals surface area contributed by atoms with E-state index in [-0.39, 0.29) is 24.0 Å². The lowest BCUT2D eigenvalue weighted by molar-refractivity contribution is -0.142. The van der Waals surface area contributed by atoms with E-state index in [0.717, 1.165) is 22.3 Å². The Labute approximate surface area is 196 Å². The molecule has 1 aromatic heterocycles. The van der Waals surface area contributed by atoms with Gasteiger partial charge in [-0.05, 0) is 27.7 Å². The SMILES string of the molecule is CC(C)(C)[C@H](NC(=O)c1occc1NC(=O)OCC1c2ccccc2-c2ccccc21)C(=O)O. The highest BCUT2D eigenvalue weighted by Gasteiger charge is 2.34. The maximum Gasteiger partial charge on any atom is 0.411 e. The van der Waals surface area contributed by atoms with Gasteiger partial charge < -0.3 is 19.6 Å². The Morgan fingerprint density at radius 2 is 1.59 bits per heavy atom. The number of carbonyl (C=O) groups excluding carboxylic acids is 2. The lowest BCUT2D eigenvalue weighted by atomic mass is 9.86. The second kappa shape index (κ2) is 9.05. The van der Waals surface area contributed by atoms with Crippen molar-refractivity contribution in [2.45, 2.75) is 32.7 Å². The van der Waals surface area contributed by atoms with E-state index in [0.29, 0.717) is 0 Å². The first-order chi connectivity index (χ1) is 16.2. The van der Waals surface area contributed by atoms with Crippen molar-refractivity contribution in [1.82, 2.24) is 5.32 Å². The Morgan fingerprint density at radius 1 is 1.00 bits per heavy atom. The zero-order valence-corrected chi connectivity index (χ0v) is 19.1. The van der Waals surface area contributed by atoms with Crippen molar-refractivity contribution in [2.75, 3.05) is 11.9 Å². The van der Waals surface area contributed by atoms with Gasteiger partial charge in [0.15, 0.2) is 0 Å². The molecule has 3 aromatic rings. The molecule has 0 saturated carbocycles. The minimum atomic E-state index is -1.17. The number of carboxylic acid groups (broad SMARTS) is 1. The summed E-state index contributed by atoms with van der Waals surface area (Å²) in [6, 6.07) is 16.3. The van der Waals surface area contributed by atoms with Gasteiger partial charge in [0.2, 0.25) is 5.76 Å². The van der Waals surface area contributed by atoms with Crippen LogP contribution in [0.3, 0.4) is 0 Å². The molecule has 0 unspecified atom stereocenters. The number of nitrogens with one attached hydrogen (secondary N) is 2. The summed E-state index contributed by atoms with van der Waals surface area (Å²) in [6.45, 7) is 5.21. The number of aliphatic carboxylic acids is 1. The molecule has 2 amide bonds. The van der Waals surface area contributed by atoms with Crippen molar-refractivity contribution in [3.05, 3.63) is 77.7 Å². The minimum absolute atomic E-state index is 0.0905. The highest BCUT2D eigenvalue weighted by atomic mass is 16.5. The molecule has 1 atom stereocenters. The molecule has 2 aromatic carbocycles. The van der Waals surface area contributed by atoms with Gasteiger partial charge in [-0.2, -0.15) is 0 Å². The molecule has 0 saturated heterocycles. The standard InChI is InChI=1S/C26H26N2O6/c1-26(2,3)22(24(30)31)28-23(29)21-20(12-13-33-21)27-25(32)34-14-19-17-10-6-4-8-15(17)16-9-5-7-11-18(16)19/h4-13,19,22H,14H2,1-3H3,(H,27,32)(H,28,29)(H,30,31)/t22-/m1/s1. The van der Waals surface area contributed by atoms with Gasteiger partial charge in [-0.15, -0.1) is 0 Å². The van der Waals surface area contributed by atoms with Crippen LogP contribution in [-0.4, -0.2) is 35.7 Å². The van der Waals surface area contributed by atoms with E-state index in [9.17, 15) is 19.5 Å². The van der Waals surface area contributed by atoms with E-state index in [2.05, 4.69) is 10.6 Å². The Bertz CT molecular complexity index is 1190. The van der Waals surface area contributed by atoms with E-state index < -0.39 is 29.4 Å². The van der Waals surface area contributed by atoms with Crippen LogP contribution in [-0.2, 0) is 9.53 Å². The highest BCUT2D eigenvalue weighted by molar-refractivity contribution is 6.01. The van der Waals surface area contributed by atoms with Crippen molar-refractivity contribution in [1.29, 1.82) is 0 Å². The number of benzene rings is 2. The van der Waals surface area contributed by atoms with Crippen LogP contribution in [0.15, 0.2) is 65.3 Å². The lowest BCUT2D eigenvalue weighted by Crippen LogP contribution is -2.49. The third-order valence-corrected chi connectivity index (χ3v) is 5.84. The molecule has 1 aliphatic rings. The summed E-state index contributed by atoms with van der Waals surface area (Å²) in [7, 11) is 0. The molecule has 3 N–H and O–H groups in total. The Kier molecular flexibility index (Phi) is 6.15. The summed E-state index contributed by atoms with van der Waals surface area (Å²) >= 11 is 0. The predicted molar refractivity (Wildman–Crippen MR) is 126 cm³/mol. The summed E-state index contributed by atoms with van der Waals surface area (Å²) in [6.07, 6.45) is 0.490. The smallest absolute Gasteiger partial charge is 0.411 e. The maximum atomic E-state index is 12.7. The van der Waals surface area contributed by atoms with Crippen LogP contribution in [0.4, 0.5) is 10.5 Å². The summed E-state index contributed by atoms with van der Waals surface area (Å²) in [5.74, 6) is -2.22. The fraction of sp³-hybridized carbons (Fsp3) is 0.269. The quantitative estimate of drug-likeness (QED) is 0.481. The van der Waals surface area contributed by atoms with Crippen molar-refractivity contribution in [2.24, 2.45) is 5.41 Å². The average Bonchev–Trinajstić information content (AvgIpc) is 3.37. The third kappa shape index (κ3) is 4.52. The molecule has 1 aliphatic carbocycles. The number of anilines is 1. The van der Waals surface area contributed by atoms with E-state index in [4.69, 9.17) is 9.15 Å². The molecule has 0 fully saturated rings. The molecular weight excluding hydrogens is 436 g/mol. The molecule has 1 heterocycles. The number of fused-ring (bicyclic) bond motifs is 3. The highest BCUT2D eigenvalue weighted by Crippen LogP contribution is 2.44. The molecule has 4 rings (SSSR count). The molecule has 8 nitrogen and oxygen atoms in total. The van der Waals surface area contributed by atoms with Crippen LogP contribution in [0.2, 0.25) is 0 Å². The van der Waals surface area contributed by atoms with E-state index in [1.807, 2.05) is 48.5 Å². The Hall–Kier alpha value is -4.07. The lowest BCUT2D eigenvalue weighted by Gasteiger charge is -2.27. The van der Waals surface area contributed by atoms with Crippen LogP contribution < -0.4 is 10.6 Å². The number of ether oxygens (including phenoxy) is 1. The zero-order chi connectivity index (χ0) is 24.5. The van der Waals surface area contributed by atoms with Gasteiger partial charge in [-0.3, -0.25) is 10.1 Å². The summed E-state index contributed by atoms with van der Waals surface area (Å²) in [4.78, 5) is 36.8. The first kappa shape index (κ1) is 23.1. The van der Waals surface area contributed by atoms with Gasteiger partial charge in [0.05, 0.1) is 12.0 Å². The molecule has 0 bridgehead atoms. The van der Waals surface area contributed by atoms with E-state index >= 15 is 0 Å². The number of furan rings is 1. The van der Waals surface area contributed by atoms with Gasteiger partial charge in [0.25, 0.3) is 5.91 Å². The Balaban J connectivity index is 1.43. The number of carboxylic acids is 1. The van der Waals surface area contributed by atoms with Crippen LogP contribution >= 0.6 is 0 Å². The van der Waals surface area contributed by atoms with Crippen LogP contribution in [0.1, 0.15) is 48.4 Å². The minimum Gasteiger partial charge on any atom is -0.480 e. The summed E-state index contributed by atoms with van der Waals surface area (Å²) in [5, 5.41) is 14.4. The Morgan fingerprint density at radius 3 is 2.15 bits per heavy atom. The first-order valence-electron chi connectivity index (χ1n) is 10.9. The number of hydrogen-bond donors (Lipinski definition) is 3. The van der Waals surface area contributed by atoms with Gasteiger partial charge in [-0.25, -0.2) is 9.59 Å². The number of amides is 2. The van der Waals surface area contributed by atoms with Crippen LogP contribution in [0, 0.1) is 5.41 Å². The molecule has 0 radical (unpaired) electrons. The van der Waals surface area contributed by atoms with Crippen LogP contribution in [0.25, 0.3) is 11.1 Å². The molecule has 34 heavy (non-hydrogen) atoms. The van der Waals surface area contributed by atoms with Crippen molar-refractivity contribution >= 4 is 23.7 Å². The first-order valence-corrected chi connectivity index (χ1v) is 10.9. The fourth-order valence-corrected chi connectivity index (χ4v) is 4.17. The van der Waals surface area contributed by atoms with Gasteiger partial charge >= 0.3 is 12.1 Å². The second-order valence-corrected chi connectivity index (χ2v) is 9.22. The van der Waals surface area contributed by atoms with Gasteiger partial charge in [0.1, 0.15) is 12.6 Å². The van der Waals surface area contributed by atoms with Gasteiger partial charge in [-0.1, -0.05) is 69.3 Å². The number of rotatable bonds is 6. The fourth-order valence-electron chi connectivity index (χ4n) is 4.17. The molecule has 0 aliphatic heterocycles. The largest absolute Gasteiger partial charge is 0.480 e. The molecule has 8 heteroatoms. The topological polar surface area (TPSA) is 118 Å². The summed E-state index contributed by atoms with van der Waals surface area (Å²) in [5.41, 5.74) is 3.77. The van der Waals surface area contributed by atoms with E-state index in [1.165, 1.54) is 12.3 Å². The second-order valence-electron chi connectivity index (χ2n) is 9.22. The molecule has 176 valence electrons. The zero-order valence-electron chi connectivity index (χ0n) is 19.1. The van der Waals surface area contributed by atoms with E-state index in [1.54, 1.807) is 20.8 Å². The molecule has 0 spiro atoms. The van der Waals surface area contributed by atoms with Gasteiger partial charge in [0, 0.05) is 12.0 Å². The average molecular weight is 463 g/mol. The molecular formula is C26H26N2O6. The third-order valence-electron chi connectivity index (χ3n) is 5.84. The van der Waals surface area contributed by atoms with Crippen molar-refractivity contribution in [3.63, 3.8) is 0 Å². The normalized spacial score (nSPS) is 13.5. The predicted octanol–water partition coefficient (Wildman–Crippen LogP) is 4.87. The van der Waals surface area contributed by atoms with Crippen molar-refractivity contribution in [3.8, 4) is 11.1 Å². The summed E-state index contributed by atoms with van der Waals surface area (Å²) < 4.78 is 10.7. The van der Waals surface area contributed by atoms with Crippen LogP contribution in [0.5, 0.6) is 0 Å².